The van der Waals surface area contributed by atoms with E-state index in [1.165, 1.54) is 51.4 Å². The van der Waals surface area contributed by atoms with Crippen molar-refractivity contribution in [3.05, 3.63) is 28.0 Å². The number of H-pyrrole nitrogens is 1. The van der Waals surface area contributed by atoms with Crippen LogP contribution in [0, 0.1) is 4.77 Å². The lowest BCUT2D eigenvalue weighted by molar-refractivity contribution is 0.546. The number of nitrogens with zero attached hydrogens (tertiary/aromatic N) is 1. The number of unbranched alkanes of at least 4 members (excludes halogenated alkanes) is 7. The molecule has 4 heteroatoms. The van der Waals surface area contributed by atoms with E-state index < -0.39 is 0 Å². The Kier molecular flexibility index (Phi) is 6.78. The van der Waals surface area contributed by atoms with Gasteiger partial charge in [0.1, 0.15) is 0 Å². The highest BCUT2D eigenvalue weighted by molar-refractivity contribution is 7.71. The Bertz CT molecular complexity index is 615. The van der Waals surface area contributed by atoms with Gasteiger partial charge in [-0.2, -0.15) is 0 Å². The van der Waals surface area contributed by atoms with E-state index >= 15 is 0 Å². The number of aromatic nitrogens is 2. The molecule has 0 spiro atoms. The molecule has 0 saturated carbocycles. The topological polar surface area (TPSA) is 20.7 Å². The summed E-state index contributed by atoms with van der Waals surface area (Å²) in [5.74, 6) is 0. The fourth-order valence-electron chi connectivity index (χ4n) is 2.77. The summed E-state index contributed by atoms with van der Waals surface area (Å²) in [6.45, 7) is 3.24. The maximum atomic E-state index is 6.20. The van der Waals surface area contributed by atoms with Gasteiger partial charge < -0.3 is 9.55 Å². The molecular formula is C17H25ClN2S. The van der Waals surface area contributed by atoms with Gasteiger partial charge in [0, 0.05) is 6.54 Å². The normalized spacial score (nSPS) is 11.3. The van der Waals surface area contributed by atoms with Gasteiger partial charge in [-0.05, 0) is 30.8 Å². The number of aryl methyl sites for hydroxylation is 1. The summed E-state index contributed by atoms with van der Waals surface area (Å²) < 4.78 is 2.95. The average Bonchev–Trinajstić information content (AvgIpc) is 2.80. The molecule has 0 unspecified atom stereocenters. The minimum atomic E-state index is 0.744. The monoisotopic (exact) mass is 324 g/mol. The van der Waals surface area contributed by atoms with Gasteiger partial charge in [-0.3, -0.25) is 0 Å². The summed E-state index contributed by atoms with van der Waals surface area (Å²) in [6, 6.07) is 5.96. The van der Waals surface area contributed by atoms with E-state index in [1.807, 2.05) is 12.1 Å². The zero-order chi connectivity index (χ0) is 15.1. The zero-order valence-corrected chi connectivity index (χ0v) is 14.4. The van der Waals surface area contributed by atoms with E-state index in [0.29, 0.717) is 0 Å². The first-order valence-electron chi connectivity index (χ1n) is 8.11. The predicted octanol–water partition coefficient (Wildman–Crippen LogP) is 6.49. The van der Waals surface area contributed by atoms with Gasteiger partial charge in [-0.15, -0.1) is 0 Å². The van der Waals surface area contributed by atoms with Crippen molar-refractivity contribution >= 4 is 34.9 Å². The van der Waals surface area contributed by atoms with Crippen LogP contribution in [-0.4, -0.2) is 9.55 Å². The zero-order valence-electron chi connectivity index (χ0n) is 12.8. The number of fused-ring (bicyclic) bond motifs is 1. The third kappa shape index (κ3) is 4.58. The van der Waals surface area contributed by atoms with Crippen LogP contribution in [0.15, 0.2) is 18.2 Å². The number of halogens is 1. The predicted molar refractivity (Wildman–Crippen MR) is 94.7 cm³/mol. The van der Waals surface area contributed by atoms with Crippen LogP contribution in [0.25, 0.3) is 11.0 Å². The fourth-order valence-corrected chi connectivity index (χ4v) is 3.28. The van der Waals surface area contributed by atoms with Crippen molar-refractivity contribution in [3.63, 3.8) is 0 Å². The number of para-hydroxylation sites is 1. The lowest BCUT2D eigenvalue weighted by atomic mass is 10.1. The molecule has 0 amide bonds. The molecule has 1 aromatic carbocycles. The van der Waals surface area contributed by atoms with Gasteiger partial charge in [0.05, 0.1) is 16.1 Å². The molecule has 116 valence electrons. The molecular weight excluding hydrogens is 300 g/mol. The third-order valence-electron chi connectivity index (χ3n) is 3.99. The number of benzene rings is 1. The lowest BCUT2D eigenvalue weighted by Crippen LogP contribution is -1.97. The second kappa shape index (κ2) is 8.60. The van der Waals surface area contributed by atoms with Crippen LogP contribution < -0.4 is 0 Å². The van der Waals surface area contributed by atoms with Crippen molar-refractivity contribution in [2.24, 2.45) is 0 Å². The first-order chi connectivity index (χ1) is 10.2. The molecule has 0 aliphatic heterocycles. The fraction of sp³-hybridized carbons (Fsp3) is 0.588. The second-order valence-electron chi connectivity index (χ2n) is 5.69. The van der Waals surface area contributed by atoms with Crippen molar-refractivity contribution in [2.45, 2.75) is 64.8 Å². The summed E-state index contributed by atoms with van der Waals surface area (Å²) in [5, 5.41) is 0.744. The van der Waals surface area contributed by atoms with Crippen LogP contribution in [0.2, 0.25) is 5.02 Å². The lowest BCUT2D eigenvalue weighted by Gasteiger charge is -2.05. The average molecular weight is 325 g/mol. The van der Waals surface area contributed by atoms with Crippen LogP contribution in [-0.2, 0) is 6.54 Å². The van der Waals surface area contributed by atoms with Crippen molar-refractivity contribution in [1.29, 1.82) is 0 Å². The standard InChI is InChI=1S/C17H25ClN2S/c1-2-3-4-5-6-7-8-9-13-20-15-12-10-11-14(18)16(15)19-17(20)21/h10-12H,2-9,13H2,1H3,(H,19,21). The van der Waals surface area contributed by atoms with E-state index in [2.05, 4.69) is 22.5 Å². The Labute approximate surface area is 137 Å². The highest BCUT2D eigenvalue weighted by Gasteiger charge is 2.06. The molecule has 1 heterocycles. The largest absolute Gasteiger partial charge is 0.329 e. The number of hydrogen-bond donors (Lipinski definition) is 1. The molecule has 0 aliphatic carbocycles. The van der Waals surface area contributed by atoms with Crippen LogP contribution >= 0.6 is 23.8 Å². The molecule has 0 fully saturated rings. The number of aromatic amines is 1. The number of hydrogen-bond acceptors (Lipinski definition) is 1. The van der Waals surface area contributed by atoms with Gasteiger partial charge in [0.15, 0.2) is 4.77 Å². The number of nitrogens with one attached hydrogen (secondary N) is 1. The number of imidazole rings is 1. The SMILES string of the molecule is CCCCCCCCCCn1c(=S)[nH]c2c(Cl)cccc21. The highest BCUT2D eigenvalue weighted by atomic mass is 35.5. The number of rotatable bonds is 9. The van der Waals surface area contributed by atoms with Gasteiger partial charge in [-0.1, -0.05) is 69.5 Å². The Morgan fingerprint density at radius 2 is 1.71 bits per heavy atom. The van der Waals surface area contributed by atoms with Crippen LogP contribution in [0.3, 0.4) is 0 Å². The molecule has 0 saturated heterocycles. The van der Waals surface area contributed by atoms with Crippen LogP contribution in [0.5, 0.6) is 0 Å². The quantitative estimate of drug-likeness (QED) is 0.413. The van der Waals surface area contributed by atoms with Crippen LogP contribution in [0.4, 0.5) is 0 Å². The minimum Gasteiger partial charge on any atom is -0.329 e. The first-order valence-corrected chi connectivity index (χ1v) is 8.89. The summed E-state index contributed by atoms with van der Waals surface area (Å²) in [7, 11) is 0. The minimum absolute atomic E-state index is 0.744. The summed E-state index contributed by atoms with van der Waals surface area (Å²) >= 11 is 11.6. The highest BCUT2D eigenvalue weighted by Crippen LogP contribution is 2.23. The molecule has 21 heavy (non-hydrogen) atoms. The summed E-state index contributed by atoms with van der Waals surface area (Å²) in [4.78, 5) is 3.22. The molecule has 2 aromatic rings. The van der Waals surface area contributed by atoms with E-state index in [9.17, 15) is 0 Å². The van der Waals surface area contributed by atoms with E-state index in [1.54, 1.807) is 0 Å². The van der Waals surface area contributed by atoms with E-state index in [0.717, 1.165) is 27.4 Å². The van der Waals surface area contributed by atoms with Crippen LogP contribution in [0.1, 0.15) is 58.3 Å². The van der Waals surface area contributed by atoms with Gasteiger partial charge in [0.2, 0.25) is 0 Å². The Hall–Kier alpha value is -0.800. The Balaban J connectivity index is 1.80. The van der Waals surface area contributed by atoms with E-state index in [-0.39, 0.29) is 0 Å². The van der Waals surface area contributed by atoms with Gasteiger partial charge in [-0.25, -0.2) is 0 Å². The van der Waals surface area contributed by atoms with Gasteiger partial charge in [0.25, 0.3) is 0 Å². The first kappa shape index (κ1) is 16.6. The molecule has 2 nitrogen and oxygen atoms in total. The molecule has 2 rings (SSSR count). The second-order valence-corrected chi connectivity index (χ2v) is 6.48. The Morgan fingerprint density at radius 1 is 1.05 bits per heavy atom. The third-order valence-corrected chi connectivity index (χ3v) is 4.63. The van der Waals surface area contributed by atoms with Gasteiger partial charge >= 0.3 is 0 Å². The maximum absolute atomic E-state index is 6.20. The van der Waals surface area contributed by atoms with Crippen molar-refractivity contribution in [3.8, 4) is 0 Å². The molecule has 0 bridgehead atoms. The molecule has 1 aromatic heterocycles. The maximum Gasteiger partial charge on any atom is 0.178 e. The molecule has 1 N–H and O–H groups in total. The molecule has 0 aliphatic rings. The van der Waals surface area contributed by atoms with E-state index in [4.69, 9.17) is 23.8 Å². The smallest absolute Gasteiger partial charge is 0.178 e. The molecule has 0 atom stereocenters. The Morgan fingerprint density at radius 3 is 2.43 bits per heavy atom. The summed E-state index contributed by atoms with van der Waals surface area (Å²) in [6.07, 6.45) is 10.6. The molecule has 0 radical (unpaired) electrons. The summed E-state index contributed by atoms with van der Waals surface area (Å²) in [5.41, 5.74) is 2.08. The van der Waals surface area contributed by atoms with Crippen molar-refractivity contribution in [1.82, 2.24) is 9.55 Å². The van der Waals surface area contributed by atoms with Crippen molar-refractivity contribution in [2.75, 3.05) is 0 Å². The van der Waals surface area contributed by atoms with Crippen molar-refractivity contribution < 1.29 is 0 Å².